The molecule has 0 unspecified atom stereocenters. The number of rotatable bonds is 4. The number of benzene rings is 1. The standard InChI is InChI=1S/C17H14N4O4S/c1-24-9-4-3-7(5-10(9)25-2)11-8(6-18)15(20)21-16-12(11)13(19)14(26-16)17(22)23/h3-5H,19H2,1-2H3,(H2,20,21)(H,22,23). The number of carboxylic acid groups (broad SMARTS) is 1. The van der Waals surface area contributed by atoms with Crippen molar-refractivity contribution in [2.24, 2.45) is 0 Å². The van der Waals surface area contributed by atoms with Gasteiger partial charge in [0.2, 0.25) is 0 Å². The van der Waals surface area contributed by atoms with E-state index in [1.165, 1.54) is 14.2 Å². The molecule has 0 saturated carbocycles. The molecule has 3 aromatic rings. The first kappa shape index (κ1) is 17.3. The quantitative estimate of drug-likeness (QED) is 0.635. The Morgan fingerprint density at radius 3 is 2.54 bits per heavy atom. The summed E-state index contributed by atoms with van der Waals surface area (Å²) in [5.74, 6) is -0.203. The molecule has 0 aliphatic carbocycles. The van der Waals surface area contributed by atoms with Crippen molar-refractivity contribution in [2.75, 3.05) is 25.7 Å². The first-order valence-corrected chi connectivity index (χ1v) is 8.11. The van der Waals surface area contributed by atoms with Gasteiger partial charge in [0.1, 0.15) is 27.2 Å². The second kappa shape index (κ2) is 6.42. The fourth-order valence-electron chi connectivity index (χ4n) is 2.72. The summed E-state index contributed by atoms with van der Waals surface area (Å²) in [7, 11) is 3.00. The SMILES string of the molecule is COc1ccc(-c2c(C#N)c(N)nc3sc(C(=O)O)c(N)c23)cc1OC. The van der Waals surface area contributed by atoms with Gasteiger partial charge < -0.3 is 26.0 Å². The third-order valence-corrected chi connectivity index (χ3v) is 4.97. The van der Waals surface area contributed by atoms with Gasteiger partial charge >= 0.3 is 5.97 Å². The molecule has 0 amide bonds. The second-order valence-electron chi connectivity index (χ2n) is 5.26. The Balaban J connectivity index is 2.44. The van der Waals surface area contributed by atoms with Crippen LogP contribution in [0.3, 0.4) is 0 Å². The van der Waals surface area contributed by atoms with Crippen molar-refractivity contribution in [3.05, 3.63) is 28.6 Å². The minimum atomic E-state index is -1.17. The van der Waals surface area contributed by atoms with E-state index in [9.17, 15) is 15.2 Å². The molecule has 5 N–H and O–H groups in total. The van der Waals surface area contributed by atoms with Crippen molar-refractivity contribution in [2.45, 2.75) is 0 Å². The highest BCUT2D eigenvalue weighted by molar-refractivity contribution is 7.21. The van der Waals surface area contributed by atoms with Gasteiger partial charge in [-0.2, -0.15) is 5.26 Å². The van der Waals surface area contributed by atoms with Crippen molar-refractivity contribution in [1.29, 1.82) is 5.26 Å². The highest BCUT2D eigenvalue weighted by Crippen LogP contribution is 2.44. The molecule has 2 aromatic heterocycles. The number of nitrogens with zero attached hydrogens (tertiary/aromatic N) is 2. The van der Waals surface area contributed by atoms with E-state index < -0.39 is 5.97 Å². The first-order chi connectivity index (χ1) is 12.4. The van der Waals surface area contributed by atoms with E-state index in [-0.39, 0.29) is 21.9 Å². The van der Waals surface area contributed by atoms with Gasteiger partial charge in [-0.05, 0) is 17.7 Å². The predicted molar refractivity (Wildman–Crippen MR) is 98.7 cm³/mol. The number of thiophene rings is 1. The van der Waals surface area contributed by atoms with E-state index in [0.717, 1.165) is 11.3 Å². The fourth-order valence-corrected chi connectivity index (χ4v) is 3.67. The molecule has 0 bridgehead atoms. The Hall–Kier alpha value is -3.51. The van der Waals surface area contributed by atoms with Crippen molar-refractivity contribution < 1.29 is 19.4 Å². The highest BCUT2D eigenvalue weighted by atomic mass is 32.1. The molecule has 0 saturated heterocycles. The lowest BCUT2D eigenvalue weighted by Crippen LogP contribution is -2.01. The summed E-state index contributed by atoms with van der Waals surface area (Å²) in [6.07, 6.45) is 0. The van der Waals surface area contributed by atoms with E-state index >= 15 is 0 Å². The van der Waals surface area contributed by atoms with Crippen molar-refractivity contribution in [3.8, 4) is 28.7 Å². The van der Waals surface area contributed by atoms with Gasteiger partial charge in [0.25, 0.3) is 0 Å². The highest BCUT2D eigenvalue weighted by Gasteiger charge is 2.24. The Morgan fingerprint density at radius 1 is 1.27 bits per heavy atom. The Bertz CT molecular complexity index is 1080. The number of hydrogen-bond donors (Lipinski definition) is 3. The Morgan fingerprint density at radius 2 is 1.96 bits per heavy atom. The average molecular weight is 370 g/mol. The Labute approximate surface area is 152 Å². The maximum atomic E-state index is 11.4. The first-order valence-electron chi connectivity index (χ1n) is 7.30. The monoisotopic (exact) mass is 370 g/mol. The summed E-state index contributed by atoms with van der Waals surface area (Å²) in [6.45, 7) is 0. The summed E-state index contributed by atoms with van der Waals surface area (Å²) in [4.78, 5) is 15.9. The number of nitriles is 1. The van der Waals surface area contributed by atoms with Crippen molar-refractivity contribution >= 4 is 39.0 Å². The molecule has 9 heteroatoms. The number of aromatic carboxylic acids is 1. The third-order valence-electron chi connectivity index (χ3n) is 3.88. The number of methoxy groups -OCH3 is 2. The molecule has 0 atom stereocenters. The van der Waals surface area contributed by atoms with E-state index in [0.29, 0.717) is 32.8 Å². The number of hydrogen-bond acceptors (Lipinski definition) is 8. The number of carbonyl (C=O) groups is 1. The van der Waals surface area contributed by atoms with Crippen LogP contribution in [0, 0.1) is 11.3 Å². The zero-order valence-electron chi connectivity index (χ0n) is 13.9. The number of anilines is 2. The number of nitrogens with two attached hydrogens (primary N) is 2. The van der Waals surface area contributed by atoms with Gasteiger partial charge in [-0.1, -0.05) is 6.07 Å². The predicted octanol–water partition coefficient (Wildman–Crippen LogP) is 2.71. The van der Waals surface area contributed by atoms with E-state index in [2.05, 4.69) is 4.98 Å². The lowest BCUT2D eigenvalue weighted by atomic mass is 9.97. The van der Waals surface area contributed by atoms with Crippen LogP contribution in [0.15, 0.2) is 18.2 Å². The molecule has 0 radical (unpaired) electrons. The van der Waals surface area contributed by atoms with Crippen molar-refractivity contribution in [3.63, 3.8) is 0 Å². The van der Waals surface area contributed by atoms with Crippen LogP contribution >= 0.6 is 11.3 Å². The molecule has 132 valence electrons. The van der Waals surface area contributed by atoms with Gasteiger partial charge in [0.15, 0.2) is 11.5 Å². The summed E-state index contributed by atoms with van der Waals surface area (Å²) < 4.78 is 10.5. The summed E-state index contributed by atoms with van der Waals surface area (Å²) in [5, 5.41) is 19.3. The van der Waals surface area contributed by atoms with Gasteiger partial charge in [-0.3, -0.25) is 0 Å². The van der Waals surface area contributed by atoms with E-state index in [1.807, 2.05) is 6.07 Å². The molecule has 0 fully saturated rings. The molecule has 26 heavy (non-hydrogen) atoms. The van der Waals surface area contributed by atoms with Crippen LogP contribution in [-0.4, -0.2) is 30.3 Å². The number of ether oxygens (including phenoxy) is 2. The smallest absolute Gasteiger partial charge is 0.348 e. The van der Waals surface area contributed by atoms with E-state index in [1.54, 1.807) is 18.2 Å². The second-order valence-corrected chi connectivity index (χ2v) is 6.26. The fraction of sp³-hybridized carbons (Fsp3) is 0.118. The number of aromatic nitrogens is 1. The van der Waals surface area contributed by atoms with Crippen LogP contribution in [0.4, 0.5) is 11.5 Å². The molecule has 0 aliphatic heterocycles. The number of carboxylic acids is 1. The van der Waals surface area contributed by atoms with Gasteiger partial charge in [0.05, 0.1) is 19.9 Å². The minimum Gasteiger partial charge on any atom is -0.493 e. The number of pyridine rings is 1. The van der Waals surface area contributed by atoms with E-state index in [4.69, 9.17) is 20.9 Å². The zero-order valence-corrected chi connectivity index (χ0v) is 14.7. The molecule has 0 spiro atoms. The van der Waals surface area contributed by atoms with Gasteiger partial charge in [0, 0.05) is 10.9 Å². The molecular formula is C17H14N4O4S. The number of fused-ring (bicyclic) bond motifs is 1. The minimum absolute atomic E-state index is 0.00275. The Kier molecular flexibility index (Phi) is 4.28. The average Bonchev–Trinajstić information content (AvgIpc) is 2.96. The molecule has 8 nitrogen and oxygen atoms in total. The number of nitrogen functional groups attached to an aromatic ring is 2. The summed E-state index contributed by atoms with van der Waals surface area (Å²) in [6, 6.07) is 7.10. The lowest BCUT2D eigenvalue weighted by molar-refractivity contribution is 0.0703. The third kappa shape index (κ3) is 2.53. The molecule has 0 aliphatic rings. The summed E-state index contributed by atoms with van der Waals surface area (Å²) >= 11 is 0.911. The van der Waals surface area contributed by atoms with Crippen LogP contribution in [0.1, 0.15) is 15.2 Å². The van der Waals surface area contributed by atoms with Crippen LogP contribution in [0.5, 0.6) is 11.5 Å². The van der Waals surface area contributed by atoms with Crippen LogP contribution in [0.2, 0.25) is 0 Å². The lowest BCUT2D eigenvalue weighted by Gasteiger charge is -2.13. The maximum absolute atomic E-state index is 11.4. The molecule has 2 heterocycles. The molecular weight excluding hydrogens is 356 g/mol. The molecule has 3 rings (SSSR count). The van der Waals surface area contributed by atoms with Gasteiger partial charge in [-0.25, -0.2) is 9.78 Å². The van der Waals surface area contributed by atoms with Crippen LogP contribution in [0.25, 0.3) is 21.3 Å². The van der Waals surface area contributed by atoms with Crippen molar-refractivity contribution in [1.82, 2.24) is 4.98 Å². The topological polar surface area (TPSA) is 144 Å². The largest absolute Gasteiger partial charge is 0.493 e. The normalized spacial score (nSPS) is 10.5. The summed E-state index contributed by atoms with van der Waals surface area (Å²) in [5.41, 5.74) is 13.1. The zero-order chi connectivity index (χ0) is 19.0. The van der Waals surface area contributed by atoms with Crippen LogP contribution in [-0.2, 0) is 0 Å². The van der Waals surface area contributed by atoms with Crippen LogP contribution < -0.4 is 20.9 Å². The molecule has 1 aromatic carbocycles. The maximum Gasteiger partial charge on any atom is 0.348 e. The van der Waals surface area contributed by atoms with Gasteiger partial charge in [-0.15, -0.1) is 11.3 Å².